The Balaban J connectivity index is 1.39. The number of morpholine rings is 1. The molecule has 3 aliphatic rings. The van der Waals surface area contributed by atoms with Gasteiger partial charge in [-0.05, 0) is 67.3 Å². The Morgan fingerprint density at radius 2 is 1.95 bits per heavy atom. The van der Waals surface area contributed by atoms with Crippen LogP contribution in [0.25, 0.3) is 11.3 Å². The van der Waals surface area contributed by atoms with E-state index in [0.29, 0.717) is 64.5 Å². The normalized spacial score (nSPS) is 18.5. The summed E-state index contributed by atoms with van der Waals surface area (Å²) in [5.74, 6) is 0.0589. The molecule has 202 valence electrons. The first-order valence-corrected chi connectivity index (χ1v) is 14.7. The fraction of sp³-hybridized carbons (Fsp3) is 0.286. The minimum atomic E-state index is -3.72. The third-order valence-electron chi connectivity index (χ3n) is 7.07. The van der Waals surface area contributed by atoms with Crippen LogP contribution >= 0.6 is 11.6 Å². The highest BCUT2D eigenvalue weighted by Gasteiger charge is 2.31. The minimum absolute atomic E-state index is 0.111. The van der Waals surface area contributed by atoms with Crippen LogP contribution in [0.2, 0.25) is 5.02 Å². The van der Waals surface area contributed by atoms with Crippen molar-refractivity contribution in [3.05, 3.63) is 77.1 Å². The molecule has 1 amide bonds. The Hall–Kier alpha value is -3.44. The zero-order chi connectivity index (χ0) is 27.0. The van der Waals surface area contributed by atoms with Gasteiger partial charge in [0.1, 0.15) is 0 Å². The summed E-state index contributed by atoms with van der Waals surface area (Å²) in [6, 6.07) is 14.0. The van der Waals surface area contributed by atoms with Crippen LogP contribution in [-0.2, 0) is 19.6 Å². The highest BCUT2D eigenvalue weighted by Crippen LogP contribution is 2.39. The predicted molar refractivity (Wildman–Crippen MR) is 152 cm³/mol. The zero-order valence-electron chi connectivity index (χ0n) is 21.1. The molecule has 0 unspecified atom stereocenters. The van der Waals surface area contributed by atoms with Gasteiger partial charge in [0.05, 0.1) is 40.1 Å². The smallest absolute Gasteiger partial charge is 0.258 e. The monoisotopic (exact) mass is 565 g/mol. The van der Waals surface area contributed by atoms with E-state index in [1.54, 1.807) is 30.6 Å². The summed E-state index contributed by atoms with van der Waals surface area (Å²) >= 11 is 6.69. The number of pyridine rings is 1. The lowest BCUT2D eigenvalue weighted by atomic mass is 10.0. The lowest BCUT2D eigenvalue weighted by Crippen LogP contribution is -2.36. The molecule has 1 saturated heterocycles. The summed E-state index contributed by atoms with van der Waals surface area (Å²) in [6.07, 6.45) is 5.38. The number of aromatic nitrogens is 1. The first-order valence-electron chi connectivity index (χ1n) is 12.9. The van der Waals surface area contributed by atoms with Crippen molar-refractivity contribution in [3.63, 3.8) is 0 Å². The standard InChI is InChI=1S/C28H28ClN5O4S/c29-23-14-20(5-8-25(23)34-10-12-38-13-11-34)32-27(19-2-1-9-30-17-19)26-22-15-21(6-7-24(22)33-28(26)35)39(36,37)31-16-18-3-4-18/h1-2,5-9,14-15,17-18,31-32H,3-4,10-13,16H2,(H,33,35)/b27-26-. The van der Waals surface area contributed by atoms with E-state index in [1.165, 1.54) is 6.07 Å². The Bertz CT molecular complexity index is 1550. The van der Waals surface area contributed by atoms with Gasteiger partial charge in [0, 0.05) is 54.5 Å². The maximum Gasteiger partial charge on any atom is 0.258 e. The summed E-state index contributed by atoms with van der Waals surface area (Å²) in [5.41, 5.74) is 4.12. The molecule has 0 radical (unpaired) electrons. The van der Waals surface area contributed by atoms with Crippen LogP contribution in [0.3, 0.4) is 0 Å². The second kappa shape index (κ2) is 10.6. The molecule has 0 atom stereocenters. The fourth-order valence-electron chi connectivity index (χ4n) is 4.77. The van der Waals surface area contributed by atoms with Gasteiger partial charge in [-0.3, -0.25) is 9.78 Å². The molecule has 0 bridgehead atoms. The number of fused-ring (bicyclic) bond motifs is 1. The number of hydrogen-bond donors (Lipinski definition) is 3. The highest BCUT2D eigenvalue weighted by atomic mass is 35.5. The van der Waals surface area contributed by atoms with E-state index < -0.39 is 10.0 Å². The molecule has 9 nitrogen and oxygen atoms in total. The molecule has 11 heteroatoms. The molecule has 2 aromatic carbocycles. The molecule has 3 aromatic rings. The number of anilines is 3. The lowest BCUT2D eigenvalue weighted by Gasteiger charge is -2.29. The number of ether oxygens (including phenoxy) is 1. The topological polar surface area (TPSA) is 113 Å². The molecule has 0 spiro atoms. The second-order valence-corrected chi connectivity index (χ2v) is 12.0. The third-order valence-corrected chi connectivity index (χ3v) is 8.80. The maximum absolute atomic E-state index is 13.3. The Labute approximate surface area is 232 Å². The van der Waals surface area contributed by atoms with Gasteiger partial charge in [-0.15, -0.1) is 0 Å². The SMILES string of the molecule is O=C1Nc2ccc(S(=O)(=O)NCC3CC3)cc2/C1=C(/Nc1ccc(N2CCOCC2)c(Cl)c1)c1cccnc1. The molecule has 2 fully saturated rings. The summed E-state index contributed by atoms with van der Waals surface area (Å²) in [4.78, 5) is 19.8. The second-order valence-electron chi connectivity index (χ2n) is 9.84. The first kappa shape index (κ1) is 25.8. The Kier molecular flexibility index (Phi) is 7.03. The summed E-state index contributed by atoms with van der Waals surface area (Å²) in [5, 5.41) is 6.81. The van der Waals surface area contributed by atoms with Crippen molar-refractivity contribution in [3.8, 4) is 0 Å². The largest absolute Gasteiger partial charge is 0.378 e. The van der Waals surface area contributed by atoms with E-state index in [1.807, 2.05) is 24.3 Å². The van der Waals surface area contributed by atoms with Crippen LogP contribution in [0.1, 0.15) is 24.0 Å². The number of halogens is 1. The van der Waals surface area contributed by atoms with Gasteiger partial charge in [-0.2, -0.15) is 0 Å². The molecule has 1 aliphatic carbocycles. The predicted octanol–water partition coefficient (Wildman–Crippen LogP) is 4.19. The van der Waals surface area contributed by atoms with Gasteiger partial charge in [0.2, 0.25) is 10.0 Å². The number of carbonyl (C=O) groups excluding carboxylic acids is 1. The average molecular weight is 566 g/mol. The van der Waals surface area contributed by atoms with Crippen LogP contribution in [0, 0.1) is 5.92 Å². The van der Waals surface area contributed by atoms with Crippen LogP contribution < -0.4 is 20.3 Å². The number of nitrogens with one attached hydrogen (secondary N) is 3. The number of rotatable bonds is 8. The van der Waals surface area contributed by atoms with E-state index in [2.05, 4.69) is 25.2 Å². The zero-order valence-corrected chi connectivity index (χ0v) is 22.7. The number of nitrogens with zero attached hydrogens (tertiary/aromatic N) is 2. The summed E-state index contributed by atoms with van der Waals surface area (Å²) in [7, 11) is -3.72. The van der Waals surface area contributed by atoms with Gasteiger partial charge in [0.25, 0.3) is 5.91 Å². The maximum atomic E-state index is 13.3. The van der Waals surface area contributed by atoms with E-state index in [-0.39, 0.29) is 10.8 Å². The van der Waals surface area contributed by atoms with Crippen molar-refractivity contribution in [2.45, 2.75) is 17.7 Å². The number of benzene rings is 2. The molecular weight excluding hydrogens is 538 g/mol. The Morgan fingerprint density at radius 3 is 2.67 bits per heavy atom. The van der Waals surface area contributed by atoms with Crippen LogP contribution in [0.5, 0.6) is 0 Å². The van der Waals surface area contributed by atoms with Crippen LogP contribution in [0.4, 0.5) is 17.1 Å². The average Bonchev–Trinajstić information content (AvgIpc) is 3.72. The number of carbonyl (C=O) groups is 1. The quantitative estimate of drug-likeness (QED) is 0.351. The molecule has 1 saturated carbocycles. The summed E-state index contributed by atoms with van der Waals surface area (Å²) in [6.45, 7) is 3.24. The molecule has 3 N–H and O–H groups in total. The molecule has 1 aromatic heterocycles. The summed E-state index contributed by atoms with van der Waals surface area (Å²) < 4.78 is 34.1. The molecule has 2 aliphatic heterocycles. The van der Waals surface area contributed by atoms with Crippen molar-refractivity contribution in [2.75, 3.05) is 48.4 Å². The molecular formula is C28H28ClN5O4S. The highest BCUT2D eigenvalue weighted by molar-refractivity contribution is 7.89. The number of hydrogen-bond acceptors (Lipinski definition) is 7. The van der Waals surface area contributed by atoms with Crippen LogP contribution in [-0.4, -0.2) is 52.2 Å². The third kappa shape index (κ3) is 5.51. The van der Waals surface area contributed by atoms with Gasteiger partial charge < -0.3 is 20.3 Å². The molecule has 3 heterocycles. The van der Waals surface area contributed by atoms with E-state index in [4.69, 9.17) is 16.3 Å². The van der Waals surface area contributed by atoms with Gasteiger partial charge in [0.15, 0.2) is 0 Å². The molecule has 39 heavy (non-hydrogen) atoms. The lowest BCUT2D eigenvalue weighted by molar-refractivity contribution is -0.110. The van der Waals surface area contributed by atoms with E-state index in [0.717, 1.165) is 31.6 Å². The van der Waals surface area contributed by atoms with Crippen molar-refractivity contribution in [1.82, 2.24) is 9.71 Å². The van der Waals surface area contributed by atoms with Crippen molar-refractivity contribution >= 4 is 55.9 Å². The van der Waals surface area contributed by atoms with Gasteiger partial charge in [-0.25, -0.2) is 13.1 Å². The minimum Gasteiger partial charge on any atom is -0.378 e. The van der Waals surface area contributed by atoms with Crippen molar-refractivity contribution in [2.24, 2.45) is 5.92 Å². The number of amides is 1. The van der Waals surface area contributed by atoms with Gasteiger partial charge in [-0.1, -0.05) is 11.6 Å². The van der Waals surface area contributed by atoms with Crippen molar-refractivity contribution < 1.29 is 17.9 Å². The van der Waals surface area contributed by atoms with E-state index >= 15 is 0 Å². The fourth-order valence-corrected chi connectivity index (χ4v) is 6.22. The molecule has 6 rings (SSSR count). The van der Waals surface area contributed by atoms with E-state index in [9.17, 15) is 13.2 Å². The van der Waals surface area contributed by atoms with Gasteiger partial charge >= 0.3 is 0 Å². The van der Waals surface area contributed by atoms with Crippen LogP contribution in [0.15, 0.2) is 65.8 Å². The van der Waals surface area contributed by atoms with Crippen molar-refractivity contribution in [1.29, 1.82) is 0 Å². The Morgan fingerprint density at radius 1 is 1.13 bits per heavy atom. The first-order chi connectivity index (χ1) is 18.9. The number of sulfonamides is 1.